The topological polar surface area (TPSA) is 104 Å². The molecule has 0 saturated carbocycles. The molecule has 0 aliphatic carbocycles. The van der Waals surface area contributed by atoms with E-state index < -0.39 is 17.2 Å². The van der Waals surface area contributed by atoms with Crippen LogP contribution in [0.1, 0.15) is 11.1 Å². The number of nitrogens with zero attached hydrogens (tertiary/aromatic N) is 1. The second-order valence-electron chi connectivity index (χ2n) is 4.29. The Hall–Kier alpha value is -2.93. The van der Waals surface area contributed by atoms with Crippen LogP contribution >= 0.6 is 0 Å². The summed E-state index contributed by atoms with van der Waals surface area (Å²) in [4.78, 5) is 35.5. The van der Waals surface area contributed by atoms with Crippen LogP contribution in [0.5, 0.6) is 0 Å². The molecule has 0 atom stereocenters. The van der Waals surface area contributed by atoms with Gasteiger partial charge in [-0.15, -0.1) is 0 Å². The Morgan fingerprint density at radius 2 is 1.95 bits per heavy atom. The zero-order chi connectivity index (χ0) is 15.2. The molecule has 0 aliphatic rings. The molecule has 1 aromatic carbocycles. The van der Waals surface area contributed by atoms with Gasteiger partial charge in [0.2, 0.25) is 0 Å². The zero-order valence-electron chi connectivity index (χ0n) is 10.9. The average molecular weight is 287 g/mol. The van der Waals surface area contributed by atoms with E-state index in [4.69, 9.17) is 5.21 Å². The van der Waals surface area contributed by atoms with Gasteiger partial charge in [0.05, 0.1) is 6.54 Å². The van der Waals surface area contributed by atoms with Crippen LogP contribution in [0.25, 0.3) is 6.08 Å². The molecule has 1 aromatic heterocycles. The van der Waals surface area contributed by atoms with Crippen molar-refractivity contribution < 1.29 is 10.0 Å². The Kier molecular flexibility index (Phi) is 4.47. The summed E-state index contributed by atoms with van der Waals surface area (Å²) in [6.07, 6.45) is 4.17. The van der Waals surface area contributed by atoms with E-state index in [2.05, 4.69) is 4.98 Å². The monoisotopic (exact) mass is 287 g/mol. The molecule has 0 aliphatic heterocycles. The fourth-order valence-electron chi connectivity index (χ4n) is 1.71. The Morgan fingerprint density at radius 1 is 1.24 bits per heavy atom. The number of aromatic nitrogens is 2. The Labute approximate surface area is 119 Å². The number of rotatable bonds is 4. The summed E-state index contributed by atoms with van der Waals surface area (Å²) in [5.41, 5.74) is 2.24. The summed E-state index contributed by atoms with van der Waals surface area (Å²) < 4.78 is 1.38. The lowest BCUT2D eigenvalue weighted by Crippen LogP contribution is -2.28. The van der Waals surface area contributed by atoms with Crippen LogP contribution in [0.15, 0.2) is 52.2 Å². The Balaban J connectivity index is 2.12. The molecule has 1 heterocycles. The smallest absolute Gasteiger partial charge is 0.296 e. The summed E-state index contributed by atoms with van der Waals surface area (Å²) in [7, 11) is 0. The summed E-state index contributed by atoms with van der Waals surface area (Å²) in [6, 6.07) is 8.43. The molecule has 2 aromatic rings. The predicted octanol–water partition coefficient (Wildman–Crippen LogP) is 0.104. The maximum absolute atomic E-state index is 11.5. The van der Waals surface area contributed by atoms with Gasteiger partial charge in [0.15, 0.2) is 0 Å². The molecule has 0 fully saturated rings. The first kappa shape index (κ1) is 14.5. The van der Waals surface area contributed by atoms with Crippen LogP contribution in [0.4, 0.5) is 0 Å². The number of carbonyl (C=O) groups is 1. The number of aromatic amines is 1. The van der Waals surface area contributed by atoms with Gasteiger partial charge < -0.3 is 0 Å². The first-order chi connectivity index (χ1) is 10.1. The van der Waals surface area contributed by atoms with Crippen LogP contribution < -0.4 is 16.7 Å². The molecule has 7 nitrogen and oxygen atoms in total. The summed E-state index contributed by atoms with van der Waals surface area (Å²) >= 11 is 0. The van der Waals surface area contributed by atoms with E-state index in [9.17, 15) is 14.4 Å². The van der Waals surface area contributed by atoms with Crippen LogP contribution in [-0.2, 0) is 11.3 Å². The minimum absolute atomic E-state index is 0.330. The third-order valence-corrected chi connectivity index (χ3v) is 2.77. The lowest BCUT2D eigenvalue weighted by atomic mass is 10.1. The highest BCUT2D eigenvalue weighted by atomic mass is 16.5. The fourth-order valence-corrected chi connectivity index (χ4v) is 1.71. The van der Waals surface area contributed by atoms with Gasteiger partial charge in [0.25, 0.3) is 11.5 Å². The minimum atomic E-state index is -0.612. The molecule has 0 unspecified atom stereocenters. The van der Waals surface area contributed by atoms with Gasteiger partial charge in [0.1, 0.15) is 0 Å². The van der Waals surface area contributed by atoms with Gasteiger partial charge >= 0.3 is 5.69 Å². The van der Waals surface area contributed by atoms with Crippen molar-refractivity contribution in [2.45, 2.75) is 6.54 Å². The molecule has 108 valence electrons. The molecule has 3 N–H and O–H groups in total. The molecular weight excluding hydrogens is 274 g/mol. The highest BCUT2D eigenvalue weighted by Gasteiger charge is 1.99. The van der Waals surface area contributed by atoms with Gasteiger partial charge in [-0.3, -0.25) is 24.3 Å². The highest BCUT2D eigenvalue weighted by Crippen LogP contribution is 2.07. The molecule has 21 heavy (non-hydrogen) atoms. The van der Waals surface area contributed by atoms with E-state index >= 15 is 0 Å². The second kappa shape index (κ2) is 6.49. The largest absolute Gasteiger partial charge is 0.328 e. The van der Waals surface area contributed by atoms with E-state index in [-0.39, 0.29) is 0 Å². The van der Waals surface area contributed by atoms with E-state index in [0.717, 1.165) is 11.1 Å². The van der Waals surface area contributed by atoms with Crippen LogP contribution in [0, 0.1) is 0 Å². The van der Waals surface area contributed by atoms with Crippen LogP contribution in [0.3, 0.4) is 0 Å². The number of hydrogen-bond donors (Lipinski definition) is 3. The SMILES string of the molecule is O=C(/C=C/c1ccc(Cn2ccc(=O)[nH]c2=O)cc1)NO. The third kappa shape index (κ3) is 4.02. The van der Waals surface area contributed by atoms with Crippen molar-refractivity contribution in [3.05, 3.63) is 74.6 Å². The Morgan fingerprint density at radius 3 is 2.57 bits per heavy atom. The lowest BCUT2D eigenvalue weighted by Gasteiger charge is -2.05. The number of hydroxylamine groups is 1. The average Bonchev–Trinajstić information content (AvgIpc) is 2.49. The molecule has 7 heteroatoms. The normalized spacial score (nSPS) is 10.7. The number of amides is 1. The molecule has 0 spiro atoms. The third-order valence-electron chi connectivity index (χ3n) is 2.77. The van der Waals surface area contributed by atoms with E-state index in [1.165, 1.54) is 28.4 Å². The second-order valence-corrected chi connectivity index (χ2v) is 4.29. The summed E-state index contributed by atoms with van der Waals surface area (Å²) in [5.74, 6) is -0.612. The molecule has 1 amide bonds. The lowest BCUT2D eigenvalue weighted by molar-refractivity contribution is -0.124. The van der Waals surface area contributed by atoms with Gasteiger partial charge in [-0.25, -0.2) is 10.3 Å². The quantitative estimate of drug-likeness (QED) is 0.421. The maximum Gasteiger partial charge on any atom is 0.328 e. The van der Waals surface area contributed by atoms with Crippen molar-refractivity contribution in [1.29, 1.82) is 0 Å². The molecule has 0 saturated heterocycles. The van der Waals surface area contributed by atoms with Gasteiger partial charge in [0, 0.05) is 18.3 Å². The van der Waals surface area contributed by atoms with Crippen LogP contribution in [-0.4, -0.2) is 20.7 Å². The predicted molar refractivity (Wildman–Crippen MR) is 75.8 cm³/mol. The van der Waals surface area contributed by atoms with E-state index in [1.54, 1.807) is 30.3 Å². The maximum atomic E-state index is 11.5. The summed E-state index contributed by atoms with van der Waals surface area (Å²) in [6.45, 7) is 0.330. The molecule has 2 rings (SSSR count). The van der Waals surface area contributed by atoms with E-state index in [1.807, 2.05) is 0 Å². The first-order valence-corrected chi connectivity index (χ1v) is 6.09. The molecule has 0 radical (unpaired) electrons. The van der Waals surface area contributed by atoms with Crippen LogP contribution in [0.2, 0.25) is 0 Å². The number of nitrogens with one attached hydrogen (secondary N) is 2. The van der Waals surface area contributed by atoms with Gasteiger partial charge in [-0.1, -0.05) is 24.3 Å². The van der Waals surface area contributed by atoms with E-state index in [0.29, 0.717) is 6.54 Å². The standard InChI is InChI=1S/C14H13N3O4/c18-12-7-8-17(14(20)15-12)9-11-3-1-10(2-4-11)5-6-13(19)16-21/h1-8,21H,9H2,(H,16,19)(H,15,18,20)/b6-5+. The molecular formula is C14H13N3O4. The van der Waals surface area contributed by atoms with Gasteiger partial charge in [-0.2, -0.15) is 0 Å². The van der Waals surface area contributed by atoms with Crippen molar-refractivity contribution in [2.24, 2.45) is 0 Å². The fraction of sp³-hybridized carbons (Fsp3) is 0.0714. The molecule has 0 bridgehead atoms. The summed E-state index contributed by atoms with van der Waals surface area (Å²) in [5, 5.41) is 8.36. The number of benzene rings is 1. The van der Waals surface area contributed by atoms with Crippen molar-refractivity contribution in [2.75, 3.05) is 0 Å². The zero-order valence-corrected chi connectivity index (χ0v) is 10.9. The number of hydrogen-bond acceptors (Lipinski definition) is 4. The van der Waals surface area contributed by atoms with Crippen molar-refractivity contribution in [1.82, 2.24) is 15.0 Å². The number of H-pyrrole nitrogens is 1. The van der Waals surface area contributed by atoms with Gasteiger partial charge in [-0.05, 0) is 17.2 Å². The van der Waals surface area contributed by atoms with Crippen molar-refractivity contribution >= 4 is 12.0 Å². The van der Waals surface area contributed by atoms with Crippen molar-refractivity contribution in [3.8, 4) is 0 Å². The highest BCUT2D eigenvalue weighted by molar-refractivity contribution is 5.90. The van der Waals surface area contributed by atoms with Crippen molar-refractivity contribution in [3.63, 3.8) is 0 Å². The Bertz CT molecular complexity index is 772. The first-order valence-electron chi connectivity index (χ1n) is 6.09. The minimum Gasteiger partial charge on any atom is -0.296 e. The number of carbonyl (C=O) groups excluding carboxylic acids is 1.